The molecule has 22 heavy (non-hydrogen) atoms. The molecular formula is C17H27NO4. The first-order valence-electron chi connectivity index (χ1n) is 8.06. The van der Waals surface area contributed by atoms with Crippen LogP contribution in [0.25, 0.3) is 0 Å². The summed E-state index contributed by atoms with van der Waals surface area (Å²) in [7, 11) is 0. The highest BCUT2D eigenvalue weighted by Gasteiger charge is 2.28. The maximum atomic E-state index is 11.9. The van der Waals surface area contributed by atoms with Gasteiger partial charge in [0.05, 0.1) is 12.6 Å². The number of ether oxygens (including phenoxy) is 1. The lowest BCUT2D eigenvalue weighted by Crippen LogP contribution is -2.41. The number of amides is 1. The molecule has 0 aromatic carbocycles. The Morgan fingerprint density at radius 3 is 2.82 bits per heavy atom. The van der Waals surface area contributed by atoms with Crippen LogP contribution in [0, 0.1) is 12.8 Å². The molecule has 3 atom stereocenters. The van der Waals surface area contributed by atoms with Crippen molar-refractivity contribution in [1.82, 2.24) is 5.32 Å². The van der Waals surface area contributed by atoms with E-state index in [2.05, 4.69) is 12.2 Å². The van der Waals surface area contributed by atoms with Gasteiger partial charge in [-0.1, -0.05) is 19.8 Å². The third kappa shape index (κ3) is 4.58. The molecule has 1 aromatic rings. The second-order valence-electron chi connectivity index (χ2n) is 6.57. The summed E-state index contributed by atoms with van der Waals surface area (Å²) in [6.07, 6.45) is 4.78. The zero-order valence-corrected chi connectivity index (χ0v) is 13.7. The first kappa shape index (κ1) is 17.0. The van der Waals surface area contributed by atoms with Gasteiger partial charge in [0.2, 0.25) is 5.91 Å². The van der Waals surface area contributed by atoms with Crippen molar-refractivity contribution in [2.45, 2.75) is 58.2 Å². The summed E-state index contributed by atoms with van der Waals surface area (Å²) in [4.78, 5) is 11.9. The number of furan rings is 1. The third-order valence-corrected chi connectivity index (χ3v) is 4.36. The van der Waals surface area contributed by atoms with Crippen LogP contribution in [-0.4, -0.2) is 30.3 Å². The molecule has 5 nitrogen and oxygen atoms in total. The van der Waals surface area contributed by atoms with E-state index in [9.17, 15) is 9.90 Å². The highest BCUT2D eigenvalue weighted by molar-refractivity contribution is 5.77. The van der Waals surface area contributed by atoms with Gasteiger partial charge < -0.3 is 19.6 Å². The van der Waals surface area contributed by atoms with Gasteiger partial charge in [0, 0.05) is 0 Å². The Morgan fingerprint density at radius 2 is 2.18 bits per heavy atom. The van der Waals surface area contributed by atoms with Crippen LogP contribution in [0.15, 0.2) is 16.5 Å². The Bertz CT molecular complexity index is 495. The van der Waals surface area contributed by atoms with E-state index >= 15 is 0 Å². The fraction of sp³-hybridized carbons (Fsp3) is 0.706. The molecule has 1 amide bonds. The van der Waals surface area contributed by atoms with E-state index in [4.69, 9.17) is 9.15 Å². The van der Waals surface area contributed by atoms with Crippen LogP contribution in [0.3, 0.4) is 0 Å². The minimum Gasteiger partial charge on any atom is -0.463 e. The van der Waals surface area contributed by atoms with Gasteiger partial charge >= 0.3 is 0 Å². The third-order valence-electron chi connectivity index (χ3n) is 4.36. The second-order valence-corrected chi connectivity index (χ2v) is 6.57. The monoisotopic (exact) mass is 309 g/mol. The lowest BCUT2D eigenvalue weighted by Gasteiger charge is -2.28. The number of carbonyl (C=O) groups excluding carboxylic acids is 1. The number of hydrogen-bond donors (Lipinski definition) is 2. The fourth-order valence-corrected chi connectivity index (χ4v) is 2.85. The molecule has 3 unspecified atom stereocenters. The Labute approximate surface area is 132 Å². The van der Waals surface area contributed by atoms with E-state index < -0.39 is 5.60 Å². The second kappa shape index (κ2) is 7.29. The first-order valence-corrected chi connectivity index (χ1v) is 8.06. The summed E-state index contributed by atoms with van der Waals surface area (Å²) in [5.41, 5.74) is -1.22. The predicted molar refractivity (Wildman–Crippen MR) is 83.4 cm³/mol. The summed E-state index contributed by atoms with van der Waals surface area (Å²) in [6, 6.07) is 3.51. The fourth-order valence-electron chi connectivity index (χ4n) is 2.85. The standard InChI is InChI=1S/C17H27NO4/c1-12-6-4-5-7-14(12)21-10-16(19)18-11-17(3,20)15-9-8-13(2)22-15/h8-9,12,14,20H,4-7,10-11H2,1-3H3,(H,18,19). The van der Waals surface area contributed by atoms with E-state index in [-0.39, 0.29) is 25.2 Å². The van der Waals surface area contributed by atoms with E-state index in [1.165, 1.54) is 19.3 Å². The van der Waals surface area contributed by atoms with Gasteiger partial charge in [0.1, 0.15) is 23.7 Å². The Morgan fingerprint density at radius 1 is 1.45 bits per heavy atom. The van der Waals surface area contributed by atoms with Crippen molar-refractivity contribution in [2.24, 2.45) is 5.92 Å². The van der Waals surface area contributed by atoms with Crippen LogP contribution >= 0.6 is 0 Å². The molecule has 0 radical (unpaired) electrons. The molecule has 1 saturated carbocycles. The molecule has 1 fully saturated rings. The zero-order chi connectivity index (χ0) is 16.2. The largest absolute Gasteiger partial charge is 0.463 e. The molecule has 2 rings (SSSR count). The van der Waals surface area contributed by atoms with Crippen molar-refractivity contribution in [3.63, 3.8) is 0 Å². The van der Waals surface area contributed by atoms with Crippen molar-refractivity contribution in [2.75, 3.05) is 13.2 Å². The summed E-state index contributed by atoms with van der Waals surface area (Å²) in [6.45, 7) is 5.75. The van der Waals surface area contributed by atoms with Crippen molar-refractivity contribution < 1.29 is 19.1 Å². The topological polar surface area (TPSA) is 71.7 Å². The molecule has 1 aliphatic carbocycles. The lowest BCUT2D eigenvalue weighted by molar-refractivity contribution is -0.130. The van der Waals surface area contributed by atoms with E-state index in [1.54, 1.807) is 19.1 Å². The zero-order valence-electron chi connectivity index (χ0n) is 13.7. The summed E-state index contributed by atoms with van der Waals surface area (Å²) in [5.74, 6) is 1.49. The van der Waals surface area contributed by atoms with Gasteiger partial charge in [0.25, 0.3) is 0 Å². The highest BCUT2D eigenvalue weighted by atomic mass is 16.5. The smallest absolute Gasteiger partial charge is 0.246 e. The Kier molecular flexibility index (Phi) is 5.64. The highest BCUT2D eigenvalue weighted by Crippen LogP contribution is 2.26. The molecule has 1 aliphatic rings. The molecular weight excluding hydrogens is 282 g/mol. The molecule has 0 bridgehead atoms. The first-order chi connectivity index (χ1) is 10.4. The number of aliphatic hydroxyl groups is 1. The molecule has 5 heteroatoms. The van der Waals surface area contributed by atoms with Crippen molar-refractivity contribution in [3.8, 4) is 0 Å². The van der Waals surface area contributed by atoms with Gasteiger partial charge in [-0.2, -0.15) is 0 Å². The number of carbonyl (C=O) groups is 1. The van der Waals surface area contributed by atoms with Crippen LogP contribution in [0.4, 0.5) is 0 Å². The molecule has 0 spiro atoms. The number of nitrogens with one attached hydrogen (secondary N) is 1. The maximum absolute atomic E-state index is 11.9. The van der Waals surface area contributed by atoms with Crippen LogP contribution in [0.1, 0.15) is 51.1 Å². The minimum absolute atomic E-state index is 0.0439. The molecule has 0 aliphatic heterocycles. The van der Waals surface area contributed by atoms with Crippen LogP contribution < -0.4 is 5.32 Å². The summed E-state index contributed by atoms with van der Waals surface area (Å²) >= 11 is 0. The Hall–Kier alpha value is -1.33. The molecule has 0 saturated heterocycles. The lowest BCUT2D eigenvalue weighted by atomic mass is 9.88. The van der Waals surface area contributed by atoms with E-state index in [0.717, 1.165) is 12.2 Å². The van der Waals surface area contributed by atoms with Gasteiger partial charge in [-0.3, -0.25) is 4.79 Å². The van der Waals surface area contributed by atoms with E-state index in [1.807, 2.05) is 6.92 Å². The molecule has 1 heterocycles. The van der Waals surface area contributed by atoms with E-state index in [0.29, 0.717) is 11.7 Å². The average Bonchev–Trinajstić information content (AvgIpc) is 2.92. The van der Waals surface area contributed by atoms with Gasteiger partial charge in [-0.25, -0.2) is 0 Å². The number of rotatable bonds is 6. The predicted octanol–water partition coefficient (Wildman–Crippen LogP) is 2.51. The van der Waals surface area contributed by atoms with Crippen LogP contribution in [0.2, 0.25) is 0 Å². The molecule has 2 N–H and O–H groups in total. The average molecular weight is 309 g/mol. The van der Waals surface area contributed by atoms with Crippen molar-refractivity contribution >= 4 is 5.91 Å². The van der Waals surface area contributed by atoms with Crippen LogP contribution in [0.5, 0.6) is 0 Å². The SMILES string of the molecule is Cc1ccc(C(C)(O)CNC(=O)COC2CCCCC2C)o1. The van der Waals surface area contributed by atoms with Crippen molar-refractivity contribution in [3.05, 3.63) is 23.7 Å². The van der Waals surface area contributed by atoms with Crippen LogP contribution in [-0.2, 0) is 15.1 Å². The summed E-state index contributed by atoms with van der Waals surface area (Å²) < 4.78 is 11.1. The van der Waals surface area contributed by atoms with Crippen molar-refractivity contribution in [1.29, 1.82) is 0 Å². The number of hydrogen-bond acceptors (Lipinski definition) is 4. The Balaban J connectivity index is 1.75. The van der Waals surface area contributed by atoms with Gasteiger partial charge in [-0.15, -0.1) is 0 Å². The summed E-state index contributed by atoms with van der Waals surface area (Å²) in [5, 5.41) is 13.1. The number of aryl methyl sites for hydroxylation is 1. The van der Waals surface area contributed by atoms with Gasteiger partial charge in [-0.05, 0) is 44.7 Å². The molecule has 124 valence electrons. The normalized spacial score (nSPS) is 24.7. The minimum atomic E-state index is -1.22. The quantitative estimate of drug-likeness (QED) is 0.847. The van der Waals surface area contributed by atoms with Gasteiger partial charge in [0.15, 0.2) is 0 Å². The maximum Gasteiger partial charge on any atom is 0.246 e. The molecule has 1 aromatic heterocycles.